The second kappa shape index (κ2) is 7.49. The van der Waals surface area contributed by atoms with Gasteiger partial charge < -0.3 is 10.6 Å². The van der Waals surface area contributed by atoms with E-state index in [9.17, 15) is 9.59 Å². The molecule has 24 heavy (non-hydrogen) atoms. The Balaban J connectivity index is 2.02. The molecule has 0 spiro atoms. The Kier molecular flexibility index (Phi) is 5.62. The number of nitrogens with one attached hydrogen (secondary N) is 2. The van der Waals surface area contributed by atoms with E-state index in [-0.39, 0.29) is 18.2 Å². The second-order valence-electron chi connectivity index (χ2n) is 6.01. The second-order valence-corrected chi connectivity index (χ2v) is 6.44. The van der Waals surface area contributed by atoms with Gasteiger partial charge in [0, 0.05) is 16.4 Å². The summed E-state index contributed by atoms with van der Waals surface area (Å²) in [6.45, 7) is 7.74. The number of hydrogen-bond acceptors (Lipinski definition) is 2. The Labute approximate surface area is 147 Å². The fourth-order valence-electron chi connectivity index (χ4n) is 2.63. The zero-order chi connectivity index (χ0) is 17.9. The molecule has 2 rings (SSSR count). The van der Waals surface area contributed by atoms with Gasteiger partial charge in [-0.25, -0.2) is 0 Å². The lowest BCUT2D eigenvalue weighted by Crippen LogP contribution is -2.22. The molecular weight excluding hydrogens is 324 g/mol. The molecule has 0 aliphatic carbocycles. The van der Waals surface area contributed by atoms with Gasteiger partial charge in [-0.15, -0.1) is 0 Å². The molecule has 0 fully saturated rings. The third-order valence-corrected chi connectivity index (χ3v) is 3.97. The van der Waals surface area contributed by atoms with Crippen molar-refractivity contribution in [2.24, 2.45) is 0 Å². The van der Waals surface area contributed by atoms with E-state index in [2.05, 4.69) is 10.6 Å². The third-order valence-electron chi connectivity index (χ3n) is 3.74. The number of carbonyl (C=O) groups excluding carboxylic acids is 2. The molecule has 0 aromatic heterocycles. The molecule has 2 aromatic rings. The van der Waals surface area contributed by atoms with Gasteiger partial charge in [-0.05, 0) is 56.5 Å². The first kappa shape index (κ1) is 18.0. The predicted molar refractivity (Wildman–Crippen MR) is 98.7 cm³/mol. The molecule has 4 nitrogen and oxygen atoms in total. The minimum absolute atomic E-state index is 0.251. The number of benzene rings is 2. The van der Waals surface area contributed by atoms with Gasteiger partial charge in [0.05, 0.1) is 0 Å². The topological polar surface area (TPSA) is 58.2 Å². The van der Waals surface area contributed by atoms with E-state index in [4.69, 9.17) is 11.6 Å². The first-order valence-corrected chi connectivity index (χ1v) is 8.08. The van der Waals surface area contributed by atoms with E-state index in [0.29, 0.717) is 10.7 Å². The standard InChI is InChI=1S/C19H21ClN2O2/c1-11-7-13(3)19(14(4)8-11)22-18(24)10-17(23)21-16-9-15(20)6-5-12(16)2/h5-9H,10H2,1-4H3,(H,21,23)(H,22,24). The fourth-order valence-corrected chi connectivity index (χ4v) is 2.80. The van der Waals surface area contributed by atoms with Crippen molar-refractivity contribution in [1.82, 2.24) is 0 Å². The average molecular weight is 345 g/mol. The van der Waals surface area contributed by atoms with Crippen molar-refractivity contribution in [3.05, 3.63) is 57.6 Å². The Hall–Kier alpha value is -2.33. The van der Waals surface area contributed by atoms with Gasteiger partial charge in [-0.3, -0.25) is 9.59 Å². The first-order chi connectivity index (χ1) is 11.3. The smallest absolute Gasteiger partial charge is 0.233 e. The molecular formula is C19H21ClN2O2. The summed E-state index contributed by atoms with van der Waals surface area (Å²) in [4.78, 5) is 24.2. The van der Waals surface area contributed by atoms with E-state index >= 15 is 0 Å². The van der Waals surface area contributed by atoms with Crippen molar-refractivity contribution < 1.29 is 9.59 Å². The van der Waals surface area contributed by atoms with Crippen molar-refractivity contribution in [2.75, 3.05) is 10.6 Å². The molecule has 0 atom stereocenters. The van der Waals surface area contributed by atoms with Crippen LogP contribution in [0, 0.1) is 27.7 Å². The molecule has 2 N–H and O–H groups in total. The van der Waals surface area contributed by atoms with Crippen LogP contribution >= 0.6 is 11.6 Å². The van der Waals surface area contributed by atoms with Crippen LogP contribution in [-0.2, 0) is 9.59 Å². The molecule has 2 amide bonds. The van der Waals surface area contributed by atoms with Gasteiger partial charge in [0.2, 0.25) is 11.8 Å². The summed E-state index contributed by atoms with van der Waals surface area (Å²) >= 11 is 5.93. The summed E-state index contributed by atoms with van der Waals surface area (Å²) in [6.07, 6.45) is -0.251. The van der Waals surface area contributed by atoms with Crippen LogP contribution in [-0.4, -0.2) is 11.8 Å². The first-order valence-electron chi connectivity index (χ1n) is 7.70. The summed E-state index contributed by atoms with van der Waals surface area (Å²) in [7, 11) is 0. The minimum Gasteiger partial charge on any atom is -0.325 e. The van der Waals surface area contributed by atoms with E-state index in [0.717, 1.165) is 27.9 Å². The molecule has 0 unspecified atom stereocenters. The van der Waals surface area contributed by atoms with Crippen LogP contribution in [0.1, 0.15) is 28.7 Å². The highest BCUT2D eigenvalue weighted by molar-refractivity contribution is 6.31. The molecule has 5 heteroatoms. The van der Waals surface area contributed by atoms with Gasteiger partial charge in [0.1, 0.15) is 6.42 Å². The quantitative estimate of drug-likeness (QED) is 0.800. The Bertz CT molecular complexity index is 777. The average Bonchev–Trinajstić information content (AvgIpc) is 2.46. The molecule has 0 saturated carbocycles. The largest absolute Gasteiger partial charge is 0.325 e. The lowest BCUT2D eigenvalue weighted by atomic mass is 10.0. The summed E-state index contributed by atoms with van der Waals surface area (Å²) in [6, 6.07) is 9.23. The van der Waals surface area contributed by atoms with Crippen molar-refractivity contribution in [1.29, 1.82) is 0 Å². The SMILES string of the molecule is Cc1cc(C)c(NC(=O)CC(=O)Nc2cc(Cl)ccc2C)c(C)c1. The Morgan fingerprint density at radius 3 is 2.08 bits per heavy atom. The fraction of sp³-hybridized carbons (Fsp3) is 0.263. The van der Waals surface area contributed by atoms with Crippen LogP contribution in [0.3, 0.4) is 0 Å². The zero-order valence-electron chi connectivity index (χ0n) is 14.3. The van der Waals surface area contributed by atoms with Gasteiger partial charge in [-0.1, -0.05) is 35.4 Å². The Morgan fingerprint density at radius 2 is 1.46 bits per heavy atom. The third kappa shape index (κ3) is 4.59. The van der Waals surface area contributed by atoms with E-state index in [1.54, 1.807) is 12.1 Å². The summed E-state index contributed by atoms with van der Waals surface area (Å²) in [5.41, 5.74) is 5.36. The number of rotatable bonds is 4. The molecule has 0 aliphatic rings. The molecule has 0 saturated heterocycles. The maximum absolute atomic E-state index is 12.2. The van der Waals surface area contributed by atoms with Crippen molar-refractivity contribution in [3.63, 3.8) is 0 Å². The summed E-state index contributed by atoms with van der Waals surface area (Å²) in [5, 5.41) is 6.08. The van der Waals surface area contributed by atoms with Gasteiger partial charge in [0.15, 0.2) is 0 Å². The van der Waals surface area contributed by atoms with Crippen LogP contribution in [0.4, 0.5) is 11.4 Å². The normalized spacial score (nSPS) is 10.4. The number of hydrogen-bond donors (Lipinski definition) is 2. The van der Waals surface area contributed by atoms with Crippen LogP contribution in [0.25, 0.3) is 0 Å². The maximum Gasteiger partial charge on any atom is 0.233 e. The lowest BCUT2D eigenvalue weighted by molar-refractivity contribution is -0.123. The summed E-state index contributed by atoms with van der Waals surface area (Å²) < 4.78 is 0. The minimum atomic E-state index is -0.375. The van der Waals surface area contributed by atoms with Gasteiger partial charge in [-0.2, -0.15) is 0 Å². The molecule has 126 valence electrons. The number of anilines is 2. The molecule has 0 heterocycles. The van der Waals surface area contributed by atoms with Crippen LogP contribution in [0.5, 0.6) is 0 Å². The van der Waals surface area contributed by atoms with E-state index in [1.807, 2.05) is 45.9 Å². The lowest BCUT2D eigenvalue weighted by Gasteiger charge is -2.13. The van der Waals surface area contributed by atoms with Gasteiger partial charge >= 0.3 is 0 Å². The van der Waals surface area contributed by atoms with E-state index in [1.165, 1.54) is 0 Å². The highest BCUT2D eigenvalue weighted by atomic mass is 35.5. The summed E-state index contributed by atoms with van der Waals surface area (Å²) in [5.74, 6) is -0.720. The molecule has 0 aliphatic heterocycles. The number of aryl methyl sites for hydroxylation is 4. The van der Waals surface area contributed by atoms with Crippen LogP contribution in [0.2, 0.25) is 5.02 Å². The molecule has 2 aromatic carbocycles. The number of amides is 2. The Morgan fingerprint density at radius 1 is 0.875 bits per heavy atom. The number of halogens is 1. The number of carbonyl (C=O) groups is 2. The maximum atomic E-state index is 12.2. The van der Waals surface area contributed by atoms with Gasteiger partial charge in [0.25, 0.3) is 0 Å². The molecule has 0 bridgehead atoms. The monoisotopic (exact) mass is 344 g/mol. The van der Waals surface area contributed by atoms with Crippen molar-refractivity contribution in [2.45, 2.75) is 34.1 Å². The van der Waals surface area contributed by atoms with Crippen LogP contribution in [0.15, 0.2) is 30.3 Å². The van der Waals surface area contributed by atoms with Crippen LogP contribution < -0.4 is 10.6 Å². The van der Waals surface area contributed by atoms with Crippen molar-refractivity contribution in [3.8, 4) is 0 Å². The zero-order valence-corrected chi connectivity index (χ0v) is 15.0. The van der Waals surface area contributed by atoms with E-state index < -0.39 is 0 Å². The van der Waals surface area contributed by atoms with Crippen molar-refractivity contribution >= 4 is 34.8 Å². The highest BCUT2D eigenvalue weighted by Crippen LogP contribution is 2.23. The highest BCUT2D eigenvalue weighted by Gasteiger charge is 2.13. The predicted octanol–water partition coefficient (Wildman–Crippen LogP) is 4.54. The molecule has 0 radical (unpaired) electrons.